The van der Waals surface area contributed by atoms with E-state index in [2.05, 4.69) is 46.8 Å². The molecule has 29 heavy (non-hydrogen) atoms. The minimum atomic E-state index is -0.711. The number of hydrogen-bond acceptors (Lipinski definition) is 4. The van der Waals surface area contributed by atoms with E-state index in [9.17, 15) is 9.59 Å². The van der Waals surface area contributed by atoms with Gasteiger partial charge in [-0.05, 0) is 38.5 Å². The van der Waals surface area contributed by atoms with Crippen molar-refractivity contribution in [1.82, 2.24) is 10.3 Å². The Morgan fingerprint density at radius 3 is 2.48 bits per heavy atom. The van der Waals surface area contributed by atoms with Crippen molar-refractivity contribution in [3.8, 4) is 10.6 Å². The van der Waals surface area contributed by atoms with Gasteiger partial charge in [-0.2, -0.15) is 0 Å². The summed E-state index contributed by atoms with van der Waals surface area (Å²) in [6.45, 7) is 6.15. The zero-order valence-electron chi connectivity index (χ0n) is 16.5. The minimum absolute atomic E-state index is 0.358. The third-order valence-electron chi connectivity index (χ3n) is 4.55. The molecule has 150 valence electrons. The van der Waals surface area contributed by atoms with Crippen LogP contribution in [-0.2, 0) is 16.0 Å². The Hall–Kier alpha value is -2.70. The zero-order valence-corrected chi connectivity index (χ0v) is 18.1. The van der Waals surface area contributed by atoms with Gasteiger partial charge >= 0.3 is 11.8 Å². The average Bonchev–Trinajstić information content (AvgIpc) is 3.06. The van der Waals surface area contributed by atoms with E-state index in [1.807, 2.05) is 6.92 Å². The smallest absolute Gasteiger partial charge is 0.313 e. The fourth-order valence-corrected chi connectivity index (χ4v) is 4.01. The molecule has 1 aromatic heterocycles. The van der Waals surface area contributed by atoms with E-state index in [-0.39, 0.29) is 0 Å². The maximum atomic E-state index is 12.1. The second-order valence-electron chi connectivity index (χ2n) is 6.77. The second kappa shape index (κ2) is 9.20. The van der Waals surface area contributed by atoms with Crippen molar-refractivity contribution in [2.45, 2.75) is 27.2 Å². The molecule has 3 rings (SSSR count). The first-order valence-electron chi connectivity index (χ1n) is 9.23. The van der Waals surface area contributed by atoms with Crippen molar-refractivity contribution in [1.29, 1.82) is 0 Å². The molecule has 0 radical (unpaired) electrons. The summed E-state index contributed by atoms with van der Waals surface area (Å²) in [7, 11) is 0. The van der Waals surface area contributed by atoms with E-state index >= 15 is 0 Å². The molecule has 0 atom stereocenters. The van der Waals surface area contributed by atoms with Crippen LogP contribution in [0.4, 0.5) is 5.69 Å². The summed E-state index contributed by atoms with van der Waals surface area (Å²) in [4.78, 5) is 30.0. The second-order valence-corrected chi connectivity index (χ2v) is 8.26. The lowest BCUT2D eigenvalue weighted by Gasteiger charge is -2.09. The van der Waals surface area contributed by atoms with Gasteiger partial charge in [0.1, 0.15) is 5.01 Å². The Kier molecular flexibility index (Phi) is 6.67. The first kappa shape index (κ1) is 21.0. The first-order valence-corrected chi connectivity index (χ1v) is 10.4. The number of aromatic nitrogens is 1. The van der Waals surface area contributed by atoms with Crippen LogP contribution >= 0.6 is 22.9 Å². The Balaban J connectivity index is 1.55. The van der Waals surface area contributed by atoms with Gasteiger partial charge in [-0.15, -0.1) is 11.3 Å². The number of rotatable bonds is 5. The number of carbonyl (C=O) groups excluding carboxylic acids is 2. The van der Waals surface area contributed by atoms with Gasteiger partial charge in [-0.1, -0.05) is 47.5 Å². The highest BCUT2D eigenvalue weighted by Gasteiger charge is 2.16. The number of halogens is 1. The quantitative estimate of drug-likeness (QED) is 0.580. The molecule has 2 N–H and O–H groups in total. The molecule has 0 saturated heterocycles. The van der Waals surface area contributed by atoms with Crippen molar-refractivity contribution in [3.63, 3.8) is 0 Å². The number of hydrogen-bond donors (Lipinski definition) is 2. The van der Waals surface area contributed by atoms with Crippen LogP contribution in [-0.4, -0.2) is 23.3 Å². The molecule has 0 bridgehead atoms. The largest absolute Gasteiger partial charge is 0.347 e. The molecule has 0 aliphatic heterocycles. The normalized spacial score (nSPS) is 10.6. The average molecular weight is 428 g/mol. The van der Waals surface area contributed by atoms with Crippen molar-refractivity contribution in [2.75, 3.05) is 11.9 Å². The molecule has 0 aliphatic rings. The molecule has 0 saturated carbocycles. The van der Waals surface area contributed by atoms with Crippen LogP contribution in [0, 0.1) is 20.8 Å². The SMILES string of the molecule is Cc1ccc(-c2nc(C)c(CCNC(=O)C(=O)Nc3cccc(Cl)c3C)s2)cc1. The lowest BCUT2D eigenvalue weighted by Crippen LogP contribution is -2.36. The summed E-state index contributed by atoms with van der Waals surface area (Å²) in [6.07, 6.45) is 0.616. The van der Waals surface area contributed by atoms with E-state index in [0.29, 0.717) is 23.7 Å². The lowest BCUT2D eigenvalue weighted by atomic mass is 10.2. The van der Waals surface area contributed by atoms with Crippen LogP contribution in [0.3, 0.4) is 0 Å². The van der Waals surface area contributed by atoms with E-state index in [1.54, 1.807) is 36.5 Å². The van der Waals surface area contributed by atoms with Crippen LogP contribution in [0.2, 0.25) is 5.02 Å². The monoisotopic (exact) mass is 427 g/mol. The molecule has 0 spiro atoms. The van der Waals surface area contributed by atoms with Crippen LogP contribution in [0.1, 0.15) is 21.7 Å². The van der Waals surface area contributed by atoms with Crippen LogP contribution < -0.4 is 10.6 Å². The van der Waals surface area contributed by atoms with Crippen molar-refractivity contribution >= 4 is 40.4 Å². The van der Waals surface area contributed by atoms with Gasteiger partial charge in [0.2, 0.25) is 0 Å². The topological polar surface area (TPSA) is 71.1 Å². The summed E-state index contributed by atoms with van der Waals surface area (Å²) < 4.78 is 0. The first-order chi connectivity index (χ1) is 13.8. The maximum Gasteiger partial charge on any atom is 0.313 e. The number of amides is 2. The summed E-state index contributed by atoms with van der Waals surface area (Å²) in [6, 6.07) is 13.4. The van der Waals surface area contributed by atoms with Gasteiger partial charge < -0.3 is 10.6 Å². The van der Waals surface area contributed by atoms with Gasteiger partial charge in [0.25, 0.3) is 0 Å². The number of nitrogens with zero attached hydrogens (tertiary/aromatic N) is 1. The maximum absolute atomic E-state index is 12.1. The molecular weight excluding hydrogens is 406 g/mol. The summed E-state index contributed by atoms with van der Waals surface area (Å²) in [5.41, 5.74) is 4.48. The minimum Gasteiger partial charge on any atom is -0.347 e. The number of thiazole rings is 1. The molecular formula is C22H22ClN3O2S. The molecule has 0 aliphatic carbocycles. The molecule has 5 nitrogen and oxygen atoms in total. The highest BCUT2D eigenvalue weighted by Crippen LogP contribution is 2.28. The van der Waals surface area contributed by atoms with Gasteiger partial charge in [0.05, 0.1) is 5.69 Å². The molecule has 2 aromatic carbocycles. The summed E-state index contributed by atoms with van der Waals surface area (Å²) in [5, 5.41) is 6.75. The van der Waals surface area contributed by atoms with Gasteiger partial charge in [0.15, 0.2) is 0 Å². The van der Waals surface area contributed by atoms with E-state index in [1.165, 1.54) is 5.56 Å². The summed E-state index contributed by atoms with van der Waals surface area (Å²) >= 11 is 7.65. The fraction of sp³-hybridized carbons (Fsp3) is 0.227. The Morgan fingerprint density at radius 1 is 1.03 bits per heavy atom. The van der Waals surface area contributed by atoms with Crippen molar-refractivity contribution in [3.05, 3.63) is 69.2 Å². The Labute approximate surface area is 179 Å². The highest BCUT2D eigenvalue weighted by molar-refractivity contribution is 7.15. The molecule has 3 aromatic rings. The predicted octanol–water partition coefficient (Wildman–Crippen LogP) is 4.69. The lowest BCUT2D eigenvalue weighted by molar-refractivity contribution is -0.136. The number of aryl methyl sites for hydroxylation is 2. The van der Waals surface area contributed by atoms with E-state index in [4.69, 9.17) is 11.6 Å². The molecule has 7 heteroatoms. The Morgan fingerprint density at radius 2 is 1.76 bits per heavy atom. The number of benzene rings is 2. The van der Waals surface area contributed by atoms with E-state index in [0.717, 1.165) is 26.7 Å². The number of anilines is 1. The third-order valence-corrected chi connectivity index (χ3v) is 6.23. The van der Waals surface area contributed by atoms with Crippen LogP contribution in [0.15, 0.2) is 42.5 Å². The molecule has 1 heterocycles. The molecule has 2 amide bonds. The zero-order chi connectivity index (χ0) is 21.0. The van der Waals surface area contributed by atoms with Gasteiger partial charge in [-0.3, -0.25) is 9.59 Å². The summed E-state index contributed by atoms with van der Waals surface area (Å²) in [5.74, 6) is -1.39. The van der Waals surface area contributed by atoms with E-state index < -0.39 is 11.8 Å². The van der Waals surface area contributed by atoms with Crippen LogP contribution in [0.25, 0.3) is 10.6 Å². The number of nitrogens with one attached hydrogen (secondary N) is 2. The van der Waals surface area contributed by atoms with Crippen molar-refractivity contribution < 1.29 is 9.59 Å². The van der Waals surface area contributed by atoms with Gasteiger partial charge in [0, 0.05) is 34.1 Å². The fourth-order valence-electron chi connectivity index (χ4n) is 2.77. The van der Waals surface area contributed by atoms with Gasteiger partial charge in [-0.25, -0.2) is 4.98 Å². The molecule has 0 unspecified atom stereocenters. The highest BCUT2D eigenvalue weighted by atomic mass is 35.5. The number of carbonyl (C=O) groups is 2. The Bertz CT molecular complexity index is 1040. The standard InChI is InChI=1S/C22H22ClN3O2S/c1-13-7-9-16(10-8-13)22-25-15(3)19(29-22)11-12-24-20(27)21(28)26-18-6-4-5-17(23)14(18)2/h4-10H,11-12H2,1-3H3,(H,24,27)(H,26,28). The predicted molar refractivity (Wildman–Crippen MR) is 119 cm³/mol. The molecule has 0 fully saturated rings. The van der Waals surface area contributed by atoms with Crippen LogP contribution in [0.5, 0.6) is 0 Å². The van der Waals surface area contributed by atoms with Crippen molar-refractivity contribution in [2.24, 2.45) is 0 Å². The third kappa shape index (κ3) is 5.22.